The number of carbonyl (C=O) groups excluding carboxylic acids is 1. The molecule has 0 saturated carbocycles. The minimum Gasteiger partial charge on any atom is -0.338 e. The van der Waals surface area contributed by atoms with E-state index in [0.717, 1.165) is 30.6 Å². The Hall–Kier alpha value is -3.61. The standard InChI is InChI=1S/C22H22N6O/c29-19(10-9-17-6-2-1-3-7-17)28-15-4-8-18(16-28)20-21(24-14-13-23-20)27-22-25-11-5-12-26-22/h1-3,5-7,9-14,18H,4,8,15-16H2,(H,24,25,26,27)/b10-9+/t18-/m1/s1. The number of piperidine rings is 1. The van der Waals surface area contributed by atoms with Gasteiger partial charge in [0.25, 0.3) is 0 Å². The Labute approximate surface area is 169 Å². The van der Waals surface area contributed by atoms with Gasteiger partial charge in [0, 0.05) is 49.9 Å². The number of aromatic nitrogens is 4. The fourth-order valence-electron chi connectivity index (χ4n) is 3.45. The molecule has 1 aromatic carbocycles. The van der Waals surface area contributed by atoms with Crippen LogP contribution in [-0.2, 0) is 4.79 Å². The fourth-order valence-corrected chi connectivity index (χ4v) is 3.45. The van der Waals surface area contributed by atoms with Gasteiger partial charge in [0.15, 0.2) is 5.82 Å². The SMILES string of the molecule is O=C(/C=C/c1ccccc1)N1CCC[C@@H](c2nccnc2Nc2ncccn2)C1. The van der Waals surface area contributed by atoms with Crippen molar-refractivity contribution in [2.75, 3.05) is 18.4 Å². The molecule has 3 heterocycles. The van der Waals surface area contributed by atoms with Gasteiger partial charge in [-0.3, -0.25) is 9.78 Å². The highest BCUT2D eigenvalue weighted by atomic mass is 16.2. The molecule has 1 N–H and O–H groups in total. The van der Waals surface area contributed by atoms with Gasteiger partial charge in [0.1, 0.15) is 0 Å². The molecule has 4 rings (SSSR count). The average molecular weight is 386 g/mol. The summed E-state index contributed by atoms with van der Waals surface area (Å²) in [6.07, 6.45) is 12.0. The quantitative estimate of drug-likeness (QED) is 0.677. The predicted octanol–water partition coefficient (Wildman–Crippen LogP) is 3.43. The summed E-state index contributed by atoms with van der Waals surface area (Å²) in [6, 6.07) is 11.6. The maximum atomic E-state index is 12.7. The lowest BCUT2D eigenvalue weighted by Crippen LogP contribution is -2.38. The lowest BCUT2D eigenvalue weighted by atomic mass is 9.94. The first-order valence-electron chi connectivity index (χ1n) is 9.66. The third-order valence-electron chi connectivity index (χ3n) is 4.86. The Balaban J connectivity index is 1.47. The average Bonchev–Trinajstić information content (AvgIpc) is 2.79. The number of hydrogen-bond acceptors (Lipinski definition) is 6. The molecule has 0 bridgehead atoms. The number of carbonyl (C=O) groups is 1. The third kappa shape index (κ3) is 4.82. The van der Waals surface area contributed by atoms with Crippen LogP contribution in [0.2, 0.25) is 0 Å². The Morgan fingerprint density at radius 1 is 1.00 bits per heavy atom. The fraction of sp³-hybridized carbons (Fsp3) is 0.227. The van der Waals surface area contributed by atoms with E-state index in [9.17, 15) is 4.79 Å². The normalized spacial score (nSPS) is 16.7. The monoisotopic (exact) mass is 386 g/mol. The van der Waals surface area contributed by atoms with E-state index < -0.39 is 0 Å². The van der Waals surface area contributed by atoms with Crippen LogP contribution in [-0.4, -0.2) is 43.8 Å². The summed E-state index contributed by atoms with van der Waals surface area (Å²) < 4.78 is 0. The van der Waals surface area contributed by atoms with Gasteiger partial charge in [-0.25, -0.2) is 15.0 Å². The summed E-state index contributed by atoms with van der Waals surface area (Å²) in [6.45, 7) is 1.36. The van der Waals surface area contributed by atoms with Crippen LogP contribution in [0.3, 0.4) is 0 Å². The number of benzene rings is 1. The van der Waals surface area contributed by atoms with Crippen molar-refractivity contribution >= 4 is 23.7 Å². The zero-order chi connectivity index (χ0) is 19.9. The molecule has 29 heavy (non-hydrogen) atoms. The van der Waals surface area contributed by atoms with E-state index in [1.54, 1.807) is 36.9 Å². The van der Waals surface area contributed by atoms with Crippen molar-refractivity contribution in [3.05, 3.63) is 78.5 Å². The summed E-state index contributed by atoms with van der Waals surface area (Å²) in [5.41, 5.74) is 1.85. The molecule has 7 heteroatoms. The van der Waals surface area contributed by atoms with Crippen molar-refractivity contribution in [2.45, 2.75) is 18.8 Å². The molecule has 7 nitrogen and oxygen atoms in total. The first kappa shape index (κ1) is 18.7. The van der Waals surface area contributed by atoms with E-state index in [2.05, 4.69) is 25.3 Å². The Morgan fingerprint density at radius 3 is 2.62 bits per heavy atom. The van der Waals surface area contributed by atoms with E-state index >= 15 is 0 Å². The molecule has 1 fully saturated rings. The van der Waals surface area contributed by atoms with Crippen molar-refractivity contribution in [3.8, 4) is 0 Å². The number of nitrogens with one attached hydrogen (secondary N) is 1. The topological polar surface area (TPSA) is 83.9 Å². The number of anilines is 2. The highest BCUT2D eigenvalue weighted by Crippen LogP contribution is 2.30. The van der Waals surface area contributed by atoms with Gasteiger partial charge in [-0.2, -0.15) is 0 Å². The van der Waals surface area contributed by atoms with E-state index in [0.29, 0.717) is 18.3 Å². The molecule has 1 atom stereocenters. The van der Waals surface area contributed by atoms with Crippen molar-refractivity contribution in [1.82, 2.24) is 24.8 Å². The molecule has 3 aromatic rings. The molecule has 146 valence electrons. The first-order chi connectivity index (χ1) is 14.3. The second kappa shape index (κ2) is 9.05. The molecule has 1 aliphatic heterocycles. The van der Waals surface area contributed by atoms with E-state index in [-0.39, 0.29) is 11.8 Å². The first-order valence-corrected chi connectivity index (χ1v) is 9.66. The van der Waals surface area contributed by atoms with Gasteiger partial charge in [0.05, 0.1) is 5.69 Å². The summed E-state index contributed by atoms with van der Waals surface area (Å²) in [7, 11) is 0. The van der Waals surface area contributed by atoms with Crippen LogP contribution in [0.4, 0.5) is 11.8 Å². The number of hydrogen-bond donors (Lipinski definition) is 1. The van der Waals surface area contributed by atoms with Gasteiger partial charge < -0.3 is 10.2 Å². The van der Waals surface area contributed by atoms with Crippen LogP contribution in [0, 0.1) is 0 Å². The minimum absolute atomic E-state index is 0.0170. The number of nitrogens with zero attached hydrogens (tertiary/aromatic N) is 5. The molecule has 1 amide bonds. The summed E-state index contributed by atoms with van der Waals surface area (Å²) in [5, 5.41) is 3.15. The number of rotatable bonds is 5. The maximum absolute atomic E-state index is 12.7. The van der Waals surface area contributed by atoms with Crippen molar-refractivity contribution in [1.29, 1.82) is 0 Å². The van der Waals surface area contributed by atoms with Crippen LogP contribution in [0.1, 0.15) is 30.0 Å². The van der Waals surface area contributed by atoms with E-state index in [1.807, 2.05) is 41.3 Å². The second-order valence-electron chi connectivity index (χ2n) is 6.86. The third-order valence-corrected chi connectivity index (χ3v) is 4.86. The van der Waals surface area contributed by atoms with Gasteiger partial charge in [-0.1, -0.05) is 30.3 Å². The molecule has 0 unspecified atom stereocenters. The van der Waals surface area contributed by atoms with Crippen molar-refractivity contribution in [2.24, 2.45) is 0 Å². The summed E-state index contributed by atoms with van der Waals surface area (Å²) in [5.74, 6) is 1.24. The Kier molecular flexibility index (Phi) is 5.85. The van der Waals surface area contributed by atoms with E-state index in [1.165, 1.54) is 0 Å². The molecular weight excluding hydrogens is 364 g/mol. The van der Waals surface area contributed by atoms with Gasteiger partial charge >= 0.3 is 0 Å². The van der Waals surface area contributed by atoms with Gasteiger partial charge in [-0.15, -0.1) is 0 Å². The lowest BCUT2D eigenvalue weighted by Gasteiger charge is -2.32. The molecule has 0 spiro atoms. The molecule has 1 aliphatic rings. The van der Waals surface area contributed by atoms with E-state index in [4.69, 9.17) is 0 Å². The molecule has 2 aromatic heterocycles. The summed E-state index contributed by atoms with van der Waals surface area (Å²) >= 11 is 0. The van der Waals surface area contributed by atoms with Gasteiger partial charge in [0.2, 0.25) is 11.9 Å². The van der Waals surface area contributed by atoms with Crippen LogP contribution in [0.15, 0.2) is 67.3 Å². The zero-order valence-electron chi connectivity index (χ0n) is 16.0. The molecular formula is C22H22N6O. The van der Waals surface area contributed by atoms with Crippen LogP contribution in [0.25, 0.3) is 6.08 Å². The van der Waals surface area contributed by atoms with Gasteiger partial charge in [-0.05, 0) is 30.5 Å². The largest absolute Gasteiger partial charge is 0.338 e. The van der Waals surface area contributed by atoms with Crippen molar-refractivity contribution < 1.29 is 4.79 Å². The smallest absolute Gasteiger partial charge is 0.246 e. The minimum atomic E-state index is 0.0170. The molecule has 0 aliphatic carbocycles. The maximum Gasteiger partial charge on any atom is 0.246 e. The predicted molar refractivity (Wildman–Crippen MR) is 111 cm³/mol. The van der Waals surface area contributed by atoms with Crippen LogP contribution < -0.4 is 5.32 Å². The highest BCUT2D eigenvalue weighted by molar-refractivity contribution is 5.91. The van der Waals surface area contributed by atoms with Crippen LogP contribution >= 0.6 is 0 Å². The zero-order valence-corrected chi connectivity index (χ0v) is 16.0. The van der Waals surface area contributed by atoms with Crippen LogP contribution in [0.5, 0.6) is 0 Å². The lowest BCUT2D eigenvalue weighted by molar-refractivity contribution is -0.127. The summed E-state index contributed by atoms with van der Waals surface area (Å²) in [4.78, 5) is 31.9. The Bertz CT molecular complexity index is 977. The molecule has 1 saturated heterocycles. The number of amides is 1. The second-order valence-corrected chi connectivity index (χ2v) is 6.86. The Morgan fingerprint density at radius 2 is 1.79 bits per heavy atom. The number of likely N-dealkylation sites (tertiary alicyclic amines) is 1. The van der Waals surface area contributed by atoms with Crippen molar-refractivity contribution in [3.63, 3.8) is 0 Å². The molecule has 0 radical (unpaired) electrons. The highest BCUT2D eigenvalue weighted by Gasteiger charge is 2.27.